The lowest BCUT2D eigenvalue weighted by Gasteiger charge is -2.22. The molecule has 1 rings (SSSR count). The largest absolute Gasteiger partial charge is 0.480 e. The molecule has 0 aromatic heterocycles. The zero-order chi connectivity index (χ0) is 14.6. The van der Waals surface area contributed by atoms with Crippen LogP contribution in [-0.2, 0) is 4.79 Å². The van der Waals surface area contributed by atoms with Crippen LogP contribution in [0.25, 0.3) is 0 Å². The molecule has 0 aliphatic carbocycles. The zero-order valence-electron chi connectivity index (χ0n) is 10.1. The molecule has 0 radical (unpaired) electrons. The van der Waals surface area contributed by atoms with Crippen LogP contribution < -0.4 is 0 Å². The SMILES string of the molecule is Cc1ccccc1C(=O)N(CC(=O)O)CC(F)(F)F. The third-order valence-electron chi connectivity index (χ3n) is 2.36. The van der Waals surface area contributed by atoms with Crippen LogP contribution in [0.4, 0.5) is 13.2 Å². The van der Waals surface area contributed by atoms with E-state index in [4.69, 9.17) is 5.11 Å². The summed E-state index contributed by atoms with van der Waals surface area (Å²) in [6, 6.07) is 6.08. The molecule has 0 bridgehead atoms. The van der Waals surface area contributed by atoms with E-state index in [0.29, 0.717) is 5.56 Å². The van der Waals surface area contributed by atoms with Crippen LogP contribution in [-0.4, -0.2) is 41.1 Å². The fourth-order valence-corrected chi connectivity index (χ4v) is 1.56. The summed E-state index contributed by atoms with van der Waals surface area (Å²) in [5.41, 5.74) is 0.554. The Labute approximate surface area is 107 Å². The number of rotatable bonds is 4. The monoisotopic (exact) mass is 275 g/mol. The van der Waals surface area contributed by atoms with Gasteiger partial charge in [0, 0.05) is 5.56 Å². The Morgan fingerprint density at radius 2 is 1.84 bits per heavy atom. The number of alkyl halides is 3. The molecule has 4 nitrogen and oxygen atoms in total. The number of hydrogen-bond acceptors (Lipinski definition) is 2. The van der Waals surface area contributed by atoms with Gasteiger partial charge in [-0.2, -0.15) is 13.2 Å². The van der Waals surface area contributed by atoms with Gasteiger partial charge in [-0.05, 0) is 18.6 Å². The summed E-state index contributed by atoms with van der Waals surface area (Å²) in [5.74, 6) is -2.44. The van der Waals surface area contributed by atoms with Crippen LogP contribution >= 0.6 is 0 Å². The number of hydrogen-bond donors (Lipinski definition) is 1. The Morgan fingerprint density at radius 3 is 2.32 bits per heavy atom. The van der Waals surface area contributed by atoms with Crippen LogP contribution in [0, 0.1) is 6.92 Å². The van der Waals surface area contributed by atoms with E-state index in [1.165, 1.54) is 12.1 Å². The maximum atomic E-state index is 12.3. The molecule has 0 fully saturated rings. The second-order valence-electron chi connectivity index (χ2n) is 3.99. The Bertz CT molecular complexity index is 485. The Kier molecular flexibility index (Phi) is 4.52. The summed E-state index contributed by atoms with van der Waals surface area (Å²) in [4.78, 5) is 22.8. The number of carbonyl (C=O) groups excluding carboxylic acids is 1. The standard InChI is InChI=1S/C12H12F3NO3/c1-8-4-2-3-5-9(8)11(19)16(6-10(17)18)7-12(13,14)15/h2-5H,6-7H2,1H3,(H,17,18). The average Bonchev–Trinajstić information content (AvgIpc) is 2.25. The smallest absolute Gasteiger partial charge is 0.406 e. The number of aryl methyl sites for hydroxylation is 1. The van der Waals surface area contributed by atoms with Crippen molar-refractivity contribution in [1.82, 2.24) is 4.90 Å². The number of amides is 1. The number of aliphatic carboxylic acids is 1. The highest BCUT2D eigenvalue weighted by atomic mass is 19.4. The number of carbonyl (C=O) groups is 2. The fourth-order valence-electron chi connectivity index (χ4n) is 1.56. The average molecular weight is 275 g/mol. The maximum Gasteiger partial charge on any atom is 0.406 e. The molecule has 0 saturated carbocycles. The molecule has 1 amide bonds. The number of nitrogens with zero attached hydrogens (tertiary/aromatic N) is 1. The second-order valence-corrected chi connectivity index (χ2v) is 3.99. The van der Waals surface area contributed by atoms with Crippen LogP contribution in [0.5, 0.6) is 0 Å². The maximum absolute atomic E-state index is 12.3. The lowest BCUT2D eigenvalue weighted by molar-refractivity contribution is -0.149. The molecule has 0 heterocycles. The first-order valence-corrected chi connectivity index (χ1v) is 5.34. The highest BCUT2D eigenvalue weighted by Crippen LogP contribution is 2.19. The van der Waals surface area contributed by atoms with Gasteiger partial charge in [0.1, 0.15) is 13.1 Å². The summed E-state index contributed by atoms with van der Waals surface area (Å²) in [5, 5.41) is 8.58. The van der Waals surface area contributed by atoms with Gasteiger partial charge in [0.05, 0.1) is 0 Å². The first-order chi connectivity index (χ1) is 8.70. The van der Waals surface area contributed by atoms with Gasteiger partial charge in [-0.3, -0.25) is 9.59 Å². The number of halogens is 3. The molecule has 0 spiro atoms. The van der Waals surface area contributed by atoms with Gasteiger partial charge in [0.15, 0.2) is 0 Å². The third-order valence-corrected chi connectivity index (χ3v) is 2.36. The van der Waals surface area contributed by atoms with Crippen molar-refractivity contribution in [3.63, 3.8) is 0 Å². The van der Waals surface area contributed by atoms with Crippen molar-refractivity contribution >= 4 is 11.9 Å². The molecule has 1 aromatic rings. The molecular formula is C12H12F3NO3. The van der Waals surface area contributed by atoms with E-state index in [9.17, 15) is 22.8 Å². The van der Waals surface area contributed by atoms with Crippen LogP contribution in [0.1, 0.15) is 15.9 Å². The van der Waals surface area contributed by atoms with E-state index >= 15 is 0 Å². The van der Waals surface area contributed by atoms with Crippen molar-refractivity contribution < 1.29 is 27.9 Å². The van der Waals surface area contributed by atoms with E-state index in [1.54, 1.807) is 19.1 Å². The Hall–Kier alpha value is -2.05. The van der Waals surface area contributed by atoms with E-state index < -0.39 is 31.1 Å². The van der Waals surface area contributed by atoms with Gasteiger partial charge in [-0.1, -0.05) is 18.2 Å². The molecule has 0 saturated heterocycles. The molecular weight excluding hydrogens is 263 g/mol. The van der Waals surface area contributed by atoms with Crippen LogP contribution in [0.3, 0.4) is 0 Å². The molecule has 1 aromatic carbocycles. The molecule has 1 N–H and O–H groups in total. The summed E-state index contributed by atoms with van der Waals surface area (Å²) >= 11 is 0. The number of benzene rings is 1. The molecule has 0 aliphatic heterocycles. The molecule has 7 heteroatoms. The van der Waals surface area contributed by atoms with Crippen molar-refractivity contribution in [2.75, 3.05) is 13.1 Å². The normalized spacial score (nSPS) is 11.2. The number of carboxylic acid groups (broad SMARTS) is 1. The predicted molar refractivity (Wildman–Crippen MR) is 60.8 cm³/mol. The van der Waals surface area contributed by atoms with E-state index in [2.05, 4.69) is 0 Å². The quantitative estimate of drug-likeness (QED) is 0.915. The van der Waals surface area contributed by atoms with Gasteiger partial charge in [-0.25, -0.2) is 0 Å². The van der Waals surface area contributed by atoms with E-state index in [-0.39, 0.29) is 10.5 Å². The molecule has 104 valence electrons. The molecule has 19 heavy (non-hydrogen) atoms. The molecule has 0 aliphatic rings. The van der Waals surface area contributed by atoms with Gasteiger partial charge in [-0.15, -0.1) is 0 Å². The highest BCUT2D eigenvalue weighted by Gasteiger charge is 2.34. The second kappa shape index (κ2) is 5.73. The van der Waals surface area contributed by atoms with Crippen molar-refractivity contribution in [1.29, 1.82) is 0 Å². The first kappa shape index (κ1) is 15.0. The van der Waals surface area contributed by atoms with Gasteiger partial charge >= 0.3 is 12.1 Å². The number of carboxylic acids is 1. The van der Waals surface area contributed by atoms with E-state index in [1.807, 2.05) is 0 Å². The minimum atomic E-state index is -4.65. The van der Waals surface area contributed by atoms with Gasteiger partial charge < -0.3 is 10.0 Å². The summed E-state index contributed by atoms with van der Waals surface area (Å²) in [6.07, 6.45) is -4.65. The van der Waals surface area contributed by atoms with Crippen molar-refractivity contribution in [3.05, 3.63) is 35.4 Å². The predicted octanol–water partition coefficient (Wildman–Crippen LogP) is 2.08. The van der Waals surface area contributed by atoms with Gasteiger partial charge in [0.2, 0.25) is 0 Å². The highest BCUT2D eigenvalue weighted by molar-refractivity contribution is 5.97. The Balaban J connectivity index is 3.01. The molecule has 0 unspecified atom stereocenters. The van der Waals surface area contributed by atoms with Crippen molar-refractivity contribution in [2.24, 2.45) is 0 Å². The lowest BCUT2D eigenvalue weighted by atomic mass is 10.1. The Morgan fingerprint density at radius 1 is 1.26 bits per heavy atom. The minimum Gasteiger partial charge on any atom is -0.480 e. The van der Waals surface area contributed by atoms with E-state index in [0.717, 1.165) is 0 Å². The first-order valence-electron chi connectivity index (χ1n) is 5.34. The van der Waals surface area contributed by atoms with Crippen LogP contribution in [0.15, 0.2) is 24.3 Å². The summed E-state index contributed by atoms with van der Waals surface area (Å²) in [6.45, 7) is -1.01. The lowest BCUT2D eigenvalue weighted by Crippen LogP contribution is -2.42. The summed E-state index contributed by atoms with van der Waals surface area (Å²) in [7, 11) is 0. The van der Waals surface area contributed by atoms with Crippen molar-refractivity contribution in [3.8, 4) is 0 Å². The topological polar surface area (TPSA) is 57.6 Å². The summed E-state index contributed by atoms with van der Waals surface area (Å²) < 4.78 is 37.0. The third kappa shape index (κ3) is 4.61. The zero-order valence-corrected chi connectivity index (χ0v) is 10.1. The van der Waals surface area contributed by atoms with Crippen LogP contribution in [0.2, 0.25) is 0 Å². The molecule has 0 atom stereocenters. The fraction of sp³-hybridized carbons (Fsp3) is 0.333. The minimum absolute atomic E-state index is 0.0630. The van der Waals surface area contributed by atoms with Gasteiger partial charge in [0.25, 0.3) is 5.91 Å². The van der Waals surface area contributed by atoms with Crippen molar-refractivity contribution in [2.45, 2.75) is 13.1 Å².